The Morgan fingerprint density at radius 1 is 1.10 bits per heavy atom. The number of alkyl halides is 3. The van der Waals surface area contributed by atoms with Gasteiger partial charge in [0.05, 0.1) is 11.3 Å². The molecule has 1 fully saturated rings. The molecule has 2 heterocycles. The number of aryl methyl sites for hydroxylation is 1. The van der Waals surface area contributed by atoms with Gasteiger partial charge in [-0.3, -0.25) is 0 Å². The number of carbonyl (C=O) groups excluding carboxylic acids is 1. The lowest BCUT2D eigenvalue weighted by Gasteiger charge is -2.37. The van der Waals surface area contributed by atoms with Crippen molar-refractivity contribution in [3.8, 4) is 0 Å². The number of hydrogen-bond donors (Lipinski definition) is 1. The van der Waals surface area contributed by atoms with Gasteiger partial charge in [-0.15, -0.1) is 0 Å². The molecule has 0 aliphatic carbocycles. The summed E-state index contributed by atoms with van der Waals surface area (Å²) in [6.07, 6.45) is -1.67. The zero-order valence-corrected chi connectivity index (χ0v) is 17.2. The average Bonchev–Trinajstić information content (AvgIpc) is 3.17. The summed E-state index contributed by atoms with van der Waals surface area (Å²) >= 11 is 0. The zero-order chi connectivity index (χ0) is 22.1. The van der Waals surface area contributed by atoms with E-state index >= 15 is 0 Å². The molecule has 0 unspecified atom stereocenters. The summed E-state index contributed by atoms with van der Waals surface area (Å²) in [5.74, 6) is 0. The highest BCUT2D eigenvalue weighted by molar-refractivity contribution is 6.01. The lowest BCUT2D eigenvalue weighted by Crippen LogP contribution is -2.48. The number of halogens is 3. The normalized spacial score (nSPS) is 17.9. The van der Waals surface area contributed by atoms with Crippen molar-refractivity contribution in [1.29, 1.82) is 0 Å². The average molecular weight is 431 g/mol. The number of likely N-dealkylation sites (tertiary alicyclic amines) is 1. The van der Waals surface area contributed by atoms with Crippen LogP contribution in [0.15, 0.2) is 53.7 Å². The van der Waals surface area contributed by atoms with Crippen molar-refractivity contribution in [3.63, 3.8) is 0 Å². The first kappa shape index (κ1) is 21.2. The number of benzene rings is 2. The number of oxime groups is 1. The summed E-state index contributed by atoms with van der Waals surface area (Å²) in [5.41, 5.74) is 2.04. The van der Waals surface area contributed by atoms with Gasteiger partial charge in [0.1, 0.15) is 5.60 Å². The summed E-state index contributed by atoms with van der Waals surface area (Å²) in [5, 5.41) is 7.06. The van der Waals surface area contributed by atoms with Gasteiger partial charge < -0.3 is 15.1 Å². The third-order valence-corrected chi connectivity index (χ3v) is 5.96. The molecule has 4 rings (SSSR count). The molecule has 5 nitrogen and oxygen atoms in total. The minimum absolute atomic E-state index is 0.152. The van der Waals surface area contributed by atoms with Crippen LogP contribution in [0.25, 0.3) is 0 Å². The van der Waals surface area contributed by atoms with Crippen molar-refractivity contribution in [2.75, 3.05) is 18.4 Å². The van der Waals surface area contributed by atoms with Gasteiger partial charge >= 0.3 is 12.2 Å². The molecule has 2 aliphatic heterocycles. The van der Waals surface area contributed by atoms with Gasteiger partial charge in [0.2, 0.25) is 0 Å². The smallest absolute Gasteiger partial charge is 0.388 e. The molecule has 0 saturated carbocycles. The van der Waals surface area contributed by atoms with Gasteiger partial charge in [-0.05, 0) is 41.8 Å². The predicted molar refractivity (Wildman–Crippen MR) is 112 cm³/mol. The highest BCUT2D eigenvalue weighted by atomic mass is 19.4. The highest BCUT2D eigenvalue weighted by Gasteiger charge is 2.43. The molecule has 2 aromatic carbocycles. The Kier molecular flexibility index (Phi) is 5.64. The summed E-state index contributed by atoms with van der Waals surface area (Å²) in [4.78, 5) is 20.1. The number of amides is 2. The minimum atomic E-state index is -4.36. The monoisotopic (exact) mass is 431 g/mol. The molecule has 2 aromatic rings. The van der Waals surface area contributed by atoms with Crippen LogP contribution in [-0.2, 0) is 17.4 Å². The Bertz CT molecular complexity index is 961. The van der Waals surface area contributed by atoms with Gasteiger partial charge in [0, 0.05) is 38.0 Å². The molecular weight excluding hydrogens is 407 g/mol. The Hall–Kier alpha value is -3.03. The topological polar surface area (TPSA) is 53.9 Å². The van der Waals surface area contributed by atoms with Crippen LogP contribution in [-0.4, -0.2) is 35.3 Å². The molecule has 31 heavy (non-hydrogen) atoms. The number of piperidine rings is 1. The SMILES string of the molecule is CCc1ccc(NC(=O)N2CCC3(CC2)CC(c2ccc(C(F)(F)F)cc2)=NO3)cc1. The van der Waals surface area contributed by atoms with E-state index in [0.29, 0.717) is 43.6 Å². The maximum Gasteiger partial charge on any atom is 0.416 e. The molecule has 164 valence electrons. The highest BCUT2D eigenvalue weighted by Crippen LogP contribution is 2.37. The Morgan fingerprint density at radius 2 is 1.74 bits per heavy atom. The summed E-state index contributed by atoms with van der Waals surface area (Å²) < 4.78 is 38.3. The van der Waals surface area contributed by atoms with E-state index in [0.717, 1.165) is 24.2 Å². The Morgan fingerprint density at radius 3 is 2.32 bits per heavy atom. The molecule has 8 heteroatoms. The second-order valence-electron chi connectivity index (χ2n) is 8.03. The van der Waals surface area contributed by atoms with Crippen LogP contribution in [0.4, 0.5) is 23.7 Å². The molecule has 1 saturated heterocycles. The van der Waals surface area contributed by atoms with E-state index in [1.165, 1.54) is 17.7 Å². The largest absolute Gasteiger partial charge is 0.416 e. The van der Waals surface area contributed by atoms with E-state index < -0.39 is 17.3 Å². The maximum absolute atomic E-state index is 12.8. The Balaban J connectivity index is 1.32. The maximum atomic E-state index is 12.8. The van der Waals surface area contributed by atoms with Gasteiger partial charge in [0.15, 0.2) is 0 Å². The van der Waals surface area contributed by atoms with Gasteiger partial charge in [-0.25, -0.2) is 4.79 Å². The fourth-order valence-corrected chi connectivity index (χ4v) is 3.94. The number of urea groups is 1. The molecule has 0 atom stereocenters. The van der Waals surface area contributed by atoms with Gasteiger partial charge in [-0.1, -0.05) is 36.3 Å². The molecule has 1 N–H and O–H groups in total. The standard InChI is InChI=1S/C23H24F3N3O2/c1-2-16-3-9-19(10-4-16)27-21(30)29-13-11-22(12-14-29)15-20(28-31-22)17-5-7-18(8-6-17)23(24,25)26/h3-10H,2,11-15H2,1H3,(H,27,30). The lowest BCUT2D eigenvalue weighted by atomic mass is 9.85. The fourth-order valence-electron chi connectivity index (χ4n) is 3.94. The fraction of sp³-hybridized carbons (Fsp3) is 0.391. The summed E-state index contributed by atoms with van der Waals surface area (Å²) in [7, 11) is 0. The molecule has 2 amide bonds. The molecule has 2 aliphatic rings. The predicted octanol–water partition coefficient (Wildman–Crippen LogP) is 5.46. The molecular formula is C23H24F3N3O2. The second-order valence-corrected chi connectivity index (χ2v) is 8.03. The van der Waals surface area contributed by atoms with E-state index in [2.05, 4.69) is 17.4 Å². The van der Waals surface area contributed by atoms with Crippen molar-refractivity contribution < 1.29 is 22.8 Å². The van der Waals surface area contributed by atoms with Crippen LogP contribution < -0.4 is 5.32 Å². The first-order valence-corrected chi connectivity index (χ1v) is 10.4. The number of carbonyl (C=O) groups is 1. The third-order valence-electron chi connectivity index (χ3n) is 5.96. The van der Waals surface area contributed by atoms with Crippen LogP contribution in [0.5, 0.6) is 0 Å². The van der Waals surface area contributed by atoms with Gasteiger partial charge in [-0.2, -0.15) is 13.2 Å². The number of rotatable bonds is 3. The number of nitrogens with one attached hydrogen (secondary N) is 1. The molecule has 1 spiro atoms. The zero-order valence-electron chi connectivity index (χ0n) is 17.2. The number of anilines is 1. The van der Waals surface area contributed by atoms with Crippen LogP contribution in [0.3, 0.4) is 0 Å². The van der Waals surface area contributed by atoms with Crippen molar-refractivity contribution in [1.82, 2.24) is 4.90 Å². The van der Waals surface area contributed by atoms with Crippen molar-refractivity contribution in [2.45, 2.75) is 44.4 Å². The number of nitrogens with zero attached hydrogens (tertiary/aromatic N) is 2. The molecule has 0 bridgehead atoms. The third kappa shape index (κ3) is 4.68. The summed E-state index contributed by atoms with van der Waals surface area (Å²) in [6.45, 7) is 3.12. The van der Waals surface area contributed by atoms with Crippen molar-refractivity contribution >= 4 is 17.4 Å². The lowest BCUT2D eigenvalue weighted by molar-refractivity contribution is -0.137. The van der Waals surface area contributed by atoms with E-state index in [9.17, 15) is 18.0 Å². The Labute approximate surface area is 178 Å². The summed E-state index contributed by atoms with van der Waals surface area (Å²) in [6, 6.07) is 12.6. The van der Waals surface area contributed by atoms with Crippen LogP contribution >= 0.6 is 0 Å². The van der Waals surface area contributed by atoms with Crippen molar-refractivity contribution in [2.24, 2.45) is 5.16 Å². The van der Waals surface area contributed by atoms with E-state index in [4.69, 9.17) is 4.84 Å². The quantitative estimate of drug-likeness (QED) is 0.702. The van der Waals surface area contributed by atoms with Crippen LogP contribution in [0.1, 0.15) is 42.9 Å². The first-order valence-electron chi connectivity index (χ1n) is 10.4. The van der Waals surface area contributed by atoms with Crippen LogP contribution in [0.2, 0.25) is 0 Å². The van der Waals surface area contributed by atoms with E-state index in [1.54, 1.807) is 4.90 Å². The van der Waals surface area contributed by atoms with E-state index in [1.807, 2.05) is 24.3 Å². The van der Waals surface area contributed by atoms with Gasteiger partial charge in [0.25, 0.3) is 0 Å². The molecule has 0 aromatic heterocycles. The van der Waals surface area contributed by atoms with Crippen molar-refractivity contribution in [3.05, 3.63) is 65.2 Å². The minimum Gasteiger partial charge on any atom is -0.388 e. The second kappa shape index (κ2) is 8.24. The number of hydrogen-bond acceptors (Lipinski definition) is 3. The van der Waals surface area contributed by atoms with Crippen LogP contribution in [0, 0.1) is 0 Å². The molecule has 0 radical (unpaired) electrons. The van der Waals surface area contributed by atoms with E-state index in [-0.39, 0.29) is 6.03 Å². The first-order chi connectivity index (χ1) is 14.8.